The number of nitrogens with one attached hydrogen (secondary N) is 1. The zero-order valence-corrected chi connectivity index (χ0v) is 5.94. The standard InChI is InChI=1S/C3H5BN2O3.Fe/c7-4(8)9-3-1-2-5-6-3;/h1-2,7-8H,(H,5,6);. The maximum absolute atomic E-state index is 8.21. The predicted molar refractivity (Wildman–Crippen MR) is 29.4 cm³/mol. The first kappa shape index (κ1) is 9.51. The fraction of sp³-hybridized carbons (Fsp3) is 0. The van der Waals surface area contributed by atoms with E-state index in [0.29, 0.717) is 0 Å². The third-order valence-corrected chi connectivity index (χ3v) is 0.708. The van der Waals surface area contributed by atoms with Crippen LogP contribution in [0.2, 0.25) is 0 Å². The third kappa shape index (κ3) is 2.88. The van der Waals surface area contributed by atoms with Crippen LogP contribution < -0.4 is 4.65 Å². The molecule has 7 heteroatoms. The minimum absolute atomic E-state index is 0. The monoisotopic (exact) mass is 184 g/mol. The van der Waals surface area contributed by atoms with Crippen molar-refractivity contribution in [2.45, 2.75) is 0 Å². The number of aromatic amines is 1. The summed E-state index contributed by atoms with van der Waals surface area (Å²) in [5, 5.41) is 22.3. The summed E-state index contributed by atoms with van der Waals surface area (Å²) in [4.78, 5) is 0. The zero-order chi connectivity index (χ0) is 6.69. The molecule has 0 radical (unpaired) electrons. The SMILES string of the molecule is OB(O)Oc1ccn[nH]1.[Fe]. The van der Waals surface area contributed by atoms with Gasteiger partial charge >= 0.3 is 7.32 Å². The van der Waals surface area contributed by atoms with Crippen LogP contribution in [0.1, 0.15) is 0 Å². The van der Waals surface area contributed by atoms with E-state index in [4.69, 9.17) is 10.0 Å². The van der Waals surface area contributed by atoms with Gasteiger partial charge in [0.1, 0.15) is 0 Å². The second-order valence-corrected chi connectivity index (χ2v) is 1.37. The van der Waals surface area contributed by atoms with Crippen molar-refractivity contribution >= 4 is 7.32 Å². The van der Waals surface area contributed by atoms with Gasteiger partial charge < -0.3 is 14.7 Å². The molecule has 10 heavy (non-hydrogen) atoms. The smallest absolute Gasteiger partial charge is 0.498 e. The van der Waals surface area contributed by atoms with Gasteiger partial charge in [0.15, 0.2) is 5.88 Å². The van der Waals surface area contributed by atoms with E-state index < -0.39 is 7.32 Å². The van der Waals surface area contributed by atoms with Gasteiger partial charge in [-0.1, -0.05) is 0 Å². The Kier molecular flexibility index (Phi) is 4.14. The number of aromatic nitrogens is 2. The second-order valence-electron chi connectivity index (χ2n) is 1.37. The Balaban J connectivity index is 0.000000810. The normalized spacial score (nSPS) is 8.20. The Morgan fingerprint density at radius 1 is 1.60 bits per heavy atom. The number of nitrogens with zero attached hydrogens (tertiary/aromatic N) is 1. The van der Waals surface area contributed by atoms with Crippen molar-refractivity contribution in [3.8, 4) is 5.88 Å². The average molecular weight is 184 g/mol. The summed E-state index contributed by atoms with van der Waals surface area (Å²) in [6, 6.07) is 1.47. The van der Waals surface area contributed by atoms with Crippen LogP contribution in [0.5, 0.6) is 5.88 Å². The fourth-order valence-electron chi connectivity index (χ4n) is 0.422. The van der Waals surface area contributed by atoms with Gasteiger partial charge in [0.2, 0.25) is 0 Å². The average Bonchev–Trinajstić information content (AvgIpc) is 2.15. The largest absolute Gasteiger partial charge is 0.708 e. The summed E-state index contributed by atoms with van der Waals surface area (Å²) >= 11 is 0. The van der Waals surface area contributed by atoms with Crippen molar-refractivity contribution < 1.29 is 31.8 Å². The maximum Gasteiger partial charge on any atom is 0.708 e. The Hall–Kier alpha value is -0.486. The molecule has 0 atom stereocenters. The Labute approximate surface area is 68.1 Å². The van der Waals surface area contributed by atoms with E-state index in [1.165, 1.54) is 12.3 Å². The number of hydrogen-bond acceptors (Lipinski definition) is 4. The van der Waals surface area contributed by atoms with Crippen LogP contribution in [0.25, 0.3) is 0 Å². The van der Waals surface area contributed by atoms with Crippen LogP contribution in [0.15, 0.2) is 12.3 Å². The molecule has 0 aliphatic heterocycles. The number of hydrogen-bond donors (Lipinski definition) is 3. The first-order valence-corrected chi connectivity index (χ1v) is 2.31. The molecule has 1 aromatic heterocycles. The Morgan fingerprint density at radius 2 is 2.30 bits per heavy atom. The van der Waals surface area contributed by atoms with Gasteiger partial charge in [0, 0.05) is 23.1 Å². The van der Waals surface area contributed by atoms with E-state index in [1.807, 2.05) is 0 Å². The fourth-order valence-corrected chi connectivity index (χ4v) is 0.422. The molecule has 5 nitrogen and oxygen atoms in total. The van der Waals surface area contributed by atoms with E-state index in [2.05, 4.69) is 14.9 Å². The first-order chi connectivity index (χ1) is 4.29. The third-order valence-electron chi connectivity index (χ3n) is 0.708. The van der Waals surface area contributed by atoms with Crippen LogP contribution in [0.4, 0.5) is 0 Å². The van der Waals surface area contributed by atoms with E-state index in [1.54, 1.807) is 0 Å². The first-order valence-electron chi connectivity index (χ1n) is 2.31. The van der Waals surface area contributed by atoms with E-state index in [9.17, 15) is 0 Å². The number of rotatable bonds is 2. The molecule has 0 aliphatic rings. The van der Waals surface area contributed by atoms with Crippen molar-refractivity contribution in [1.29, 1.82) is 0 Å². The van der Waals surface area contributed by atoms with E-state index in [-0.39, 0.29) is 22.9 Å². The van der Waals surface area contributed by atoms with E-state index in [0.717, 1.165) is 0 Å². The molecule has 0 spiro atoms. The Bertz CT molecular complexity index is 168. The van der Waals surface area contributed by atoms with Crippen LogP contribution >= 0.6 is 0 Å². The summed E-state index contributed by atoms with van der Waals surface area (Å²) < 4.78 is 4.35. The van der Waals surface area contributed by atoms with Gasteiger partial charge in [-0.3, -0.25) is 0 Å². The molecule has 0 saturated heterocycles. The molecular formula is C3H5BFeN2O3. The summed E-state index contributed by atoms with van der Waals surface area (Å²) in [6.45, 7) is 0. The van der Waals surface area contributed by atoms with Crippen molar-refractivity contribution in [1.82, 2.24) is 10.2 Å². The van der Waals surface area contributed by atoms with E-state index >= 15 is 0 Å². The van der Waals surface area contributed by atoms with Crippen LogP contribution in [-0.4, -0.2) is 27.6 Å². The van der Waals surface area contributed by atoms with Gasteiger partial charge in [-0.25, -0.2) is 5.10 Å². The van der Waals surface area contributed by atoms with Crippen LogP contribution in [0, 0.1) is 0 Å². The summed E-state index contributed by atoms with van der Waals surface area (Å²) in [5.74, 6) is 0.227. The molecule has 1 rings (SSSR count). The summed E-state index contributed by atoms with van der Waals surface area (Å²) in [6.07, 6.45) is 1.44. The van der Waals surface area contributed by atoms with Crippen molar-refractivity contribution in [3.05, 3.63) is 12.3 Å². The second kappa shape index (κ2) is 4.35. The summed E-state index contributed by atoms with van der Waals surface area (Å²) in [5.41, 5.74) is 0. The zero-order valence-electron chi connectivity index (χ0n) is 4.84. The van der Waals surface area contributed by atoms with Gasteiger partial charge in [-0.2, -0.15) is 5.10 Å². The molecule has 3 N–H and O–H groups in total. The predicted octanol–water partition coefficient (Wildman–Crippen LogP) is -1.24. The van der Waals surface area contributed by atoms with Gasteiger partial charge in [-0.15, -0.1) is 0 Å². The molecule has 0 fully saturated rings. The van der Waals surface area contributed by atoms with Gasteiger partial charge in [0.05, 0.1) is 6.20 Å². The van der Waals surface area contributed by atoms with Crippen LogP contribution in [-0.2, 0) is 17.1 Å². The maximum atomic E-state index is 8.21. The summed E-state index contributed by atoms with van der Waals surface area (Å²) in [7, 11) is -1.79. The Morgan fingerprint density at radius 3 is 2.70 bits per heavy atom. The van der Waals surface area contributed by atoms with Gasteiger partial charge in [0.25, 0.3) is 0 Å². The molecule has 1 heterocycles. The molecule has 56 valence electrons. The molecular weight excluding hydrogens is 179 g/mol. The molecule has 0 saturated carbocycles. The molecule has 0 unspecified atom stereocenters. The molecule has 1 aromatic rings. The minimum Gasteiger partial charge on any atom is -0.498 e. The molecule has 0 bridgehead atoms. The van der Waals surface area contributed by atoms with Gasteiger partial charge in [-0.05, 0) is 0 Å². The number of H-pyrrole nitrogens is 1. The molecule has 0 aromatic carbocycles. The van der Waals surface area contributed by atoms with Crippen LogP contribution in [0.3, 0.4) is 0 Å². The molecule has 0 amide bonds. The quantitative estimate of drug-likeness (QED) is 0.501. The molecule has 0 aliphatic carbocycles. The van der Waals surface area contributed by atoms with Crippen molar-refractivity contribution in [2.24, 2.45) is 0 Å². The topological polar surface area (TPSA) is 78.4 Å². The van der Waals surface area contributed by atoms with Crippen molar-refractivity contribution in [2.75, 3.05) is 0 Å². The van der Waals surface area contributed by atoms with Crippen molar-refractivity contribution in [3.63, 3.8) is 0 Å². The minimum atomic E-state index is -1.79.